The van der Waals surface area contributed by atoms with Gasteiger partial charge in [0.1, 0.15) is 6.04 Å². The molecule has 1 aromatic rings. The standard InChI is InChI=1S/C19H24ClN3O2.C2H4O2/c20-15-4-1-3-12(7-15)9-22-19(25)18-14-8-13(10-21-11-14)16-5-2-6-17(24)23(16)18;1-2(3)4/h1,3-4,7,13-14,16,18,21H,2,5-6,8-11H2,(H,22,25);1H3,(H,3,4)/t13-,14+,16+,18-;/m1./s1. The van der Waals surface area contributed by atoms with Crippen LogP contribution in [0.4, 0.5) is 0 Å². The number of carboxylic acids is 1. The number of carbonyl (C=O) groups is 3. The summed E-state index contributed by atoms with van der Waals surface area (Å²) in [6.45, 7) is 3.29. The maximum absolute atomic E-state index is 13.0. The molecular formula is C21H28ClN3O4. The van der Waals surface area contributed by atoms with Gasteiger partial charge >= 0.3 is 0 Å². The van der Waals surface area contributed by atoms with Gasteiger partial charge in [0.15, 0.2) is 0 Å². The molecule has 3 heterocycles. The first kappa shape index (κ1) is 21.6. The van der Waals surface area contributed by atoms with E-state index in [0.29, 0.717) is 23.9 Å². The van der Waals surface area contributed by atoms with Gasteiger partial charge in [0.25, 0.3) is 5.97 Å². The van der Waals surface area contributed by atoms with E-state index in [9.17, 15) is 9.59 Å². The number of nitrogens with one attached hydrogen (secondary N) is 2. The van der Waals surface area contributed by atoms with Gasteiger partial charge in [0, 0.05) is 43.4 Å². The second kappa shape index (κ2) is 9.59. The zero-order valence-corrected chi connectivity index (χ0v) is 17.3. The van der Waals surface area contributed by atoms with E-state index < -0.39 is 5.97 Å². The van der Waals surface area contributed by atoms with Crippen LogP contribution in [0.25, 0.3) is 0 Å². The third-order valence-corrected chi connectivity index (χ3v) is 6.10. The molecule has 3 saturated heterocycles. The number of hydrogen-bond acceptors (Lipinski definition) is 4. The predicted molar refractivity (Wildman–Crippen MR) is 109 cm³/mol. The first-order valence-corrected chi connectivity index (χ1v) is 10.5. The number of benzene rings is 1. The maximum Gasteiger partial charge on any atom is 0.300 e. The molecule has 3 fully saturated rings. The number of halogens is 1. The molecule has 4 rings (SSSR count). The second-order valence-electron chi connectivity index (χ2n) is 7.99. The average molecular weight is 422 g/mol. The Morgan fingerprint density at radius 2 is 2.03 bits per heavy atom. The predicted octanol–water partition coefficient (Wildman–Crippen LogP) is 2.04. The van der Waals surface area contributed by atoms with Crippen molar-refractivity contribution in [1.29, 1.82) is 0 Å². The largest absolute Gasteiger partial charge is 0.481 e. The lowest BCUT2D eigenvalue weighted by Gasteiger charge is -2.53. The molecule has 0 unspecified atom stereocenters. The number of hydrogen-bond donors (Lipinski definition) is 3. The molecule has 8 heteroatoms. The number of amides is 2. The summed E-state index contributed by atoms with van der Waals surface area (Å²) in [4.78, 5) is 36.5. The molecule has 2 bridgehead atoms. The van der Waals surface area contributed by atoms with Gasteiger partial charge in [-0.3, -0.25) is 14.4 Å². The summed E-state index contributed by atoms with van der Waals surface area (Å²) in [5, 5.41) is 14.6. The van der Waals surface area contributed by atoms with Crippen LogP contribution in [0.1, 0.15) is 38.2 Å². The van der Waals surface area contributed by atoms with Crippen LogP contribution in [0.3, 0.4) is 0 Å². The summed E-state index contributed by atoms with van der Waals surface area (Å²) in [5.74, 6) is -0.0282. The fourth-order valence-corrected chi connectivity index (χ4v) is 5.00. The number of fused-ring (bicyclic) bond motifs is 4. The zero-order valence-electron chi connectivity index (χ0n) is 16.6. The molecule has 1 aromatic carbocycles. The number of aliphatic carboxylic acids is 1. The van der Waals surface area contributed by atoms with E-state index in [2.05, 4.69) is 10.6 Å². The van der Waals surface area contributed by atoms with E-state index in [1.807, 2.05) is 29.2 Å². The summed E-state index contributed by atoms with van der Waals surface area (Å²) in [7, 11) is 0. The fraction of sp³-hybridized carbons (Fsp3) is 0.571. The van der Waals surface area contributed by atoms with Gasteiger partial charge in [-0.1, -0.05) is 23.7 Å². The molecule has 3 aliphatic rings. The SMILES string of the molecule is CC(=O)O.O=C(NCc1cccc(Cl)c1)[C@H]1[C@@H]2CNC[C@@H](C2)[C@@H]2CCCC(=O)N21. The van der Waals surface area contributed by atoms with E-state index in [-0.39, 0.29) is 29.8 Å². The van der Waals surface area contributed by atoms with Crippen molar-refractivity contribution in [3.8, 4) is 0 Å². The van der Waals surface area contributed by atoms with Crippen molar-refractivity contribution in [3.63, 3.8) is 0 Å². The highest BCUT2D eigenvalue weighted by molar-refractivity contribution is 6.30. The Morgan fingerprint density at radius 1 is 1.31 bits per heavy atom. The third kappa shape index (κ3) is 5.28. The third-order valence-electron chi connectivity index (χ3n) is 5.87. The van der Waals surface area contributed by atoms with E-state index in [4.69, 9.17) is 21.5 Å². The Labute approximate surface area is 175 Å². The Kier molecular flexibility index (Phi) is 7.14. The van der Waals surface area contributed by atoms with Gasteiger partial charge in [-0.2, -0.15) is 0 Å². The summed E-state index contributed by atoms with van der Waals surface area (Å²) in [6, 6.07) is 7.37. The van der Waals surface area contributed by atoms with Crippen LogP contribution in [0.2, 0.25) is 5.02 Å². The first-order chi connectivity index (χ1) is 13.9. The molecule has 158 valence electrons. The Balaban J connectivity index is 0.000000552. The van der Waals surface area contributed by atoms with Gasteiger partial charge in [-0.05, 0) is 49.4 Å². The summed E-state index contributed by atoms with van der Waals surface area (Å²) < 4.78 is 0. The molecule has 3 N–H and O–H groups in total. The molecular weight excluding hydrogens is 394 g/mol. The smallest absolute Gasteiger partial charge is 0.300 e. The van der Waals surface area contributed by atoms with Gasteiger partial charge < -0.3 is 20.6 Å². The van der Waals surface area contributed by atoms with Crippen molar-refractivity contribution < 1.29 is 19.5 Å². The van der Waals surface area contributed by atoms with E-state index >= 15 is 0 Å². The minimum Gasteiger partial charge on any atom is -0.481 e. The Hall–Kier alpha value is -2.12. The van der Waals surface area contributed by atoms with Crippen LogP contribution in [0, 0.1) is 11.8 Å². The van der Waals surface area contributed by atoms with Crippen LogP contribution in [-0.2, 0) is 20.9 Å². The van der Waals surface area contributed by atoms with Crippen molar-refractivity contribution >= 4 is 29.4 Å². The number of nitrogens with zero attached hydrogens (tertiary/aromatic N) is 1. The van der Waals surface area contributed by atoms with Crippen molar-refractivity contribution in [2.24, 2.45) is 11.8 Å². The van der Waals surface area contributed by atoms with E-state index in [1.54, 1.807) is 0 Å². The second-order valence-corrected chi connectivity index (χ2v) is 8.42. The number of carbonyl (C=O) groups excluding carboxylic acids is 2. The molecule has 0 spiro atoms. The highest BCUT2D eigenvalue weighted by atomic mass is 35.5. The lowest BCUT2D eigenvalue weighted by atomic mass is 9.72. The van der Waals surface area contributed by atoms with E-state index in [0.717, 1.165) is 44.8 Å². The minimum atomic E-state index is -0.833. The number of carboxylic acid groups (broad SMARTS) is 1. The topological polar surface area (TPSA) is 98.7 Å². The summed E-state index contributed by atoms with van der Waals surface area (Å²) in [5.41, 5.74) is 0.970. The summed E-state index contributed by atoms with van der Waals surface area (Å²) in [6.07, 6.45) is 3.57. The molecule has 0 radical (unpaired) electrons. The molecule has 0 aliphatic carbocycles. The van der Waals surface area contributed by atoms with Crippen molar-refractivity contribution in [1.82, 2.24) is 15.5 Å². The van der Waals surface area contributed by atoms with Gasteiger partial charge in [0.2, 0.25) is 11.8 Å². The number of piperidine rings is 3. The van der Waals surface area contributed by atoms with Crippen LogP contribution in [0.15, 0.2) is 24.3 Å². The Morgan fingerprint density at radius 3 is 2.76 bits per heavy atom. The zero-order chi connectivity index (χ0) is 21.0. The van der Waals surface area contributed by atoms with Crippen molar-refractivity contribution in [2.75, 3.05) is 13.1 Å². The molecule has 4 atom stereocenters. The quantitative estimate of drug-likeness (QED) is 0.693. The van der Waals surface area contributed by atoms with Crippen LogP contribution in [-0.4, -0.2) is 53.0 Å². The maximum atomic E-state index is 13.0. The van der Waals surface area contributed by atoms with Gasteiger partial charge in [-0.25, -0.2) is 0 Å². The van der Waals surface area contributed by atoms with Crippen LogP contribution in [0.5, 0.6) is 0 Å². The van der Waals surface area contributed by atoms with Gasteiger partial charge in [-0.15, -0.1) is 0 Å². The van der Waals surface area contributed by atoms with Crippen molar-refractivity contribution in [3.05, 3.63) is 34.9 Å². The number of rotatable bonds is 3. The lowest BCUT2D eigenvalue weighted by molar-refractivity contribution is -0.157. The minimum absolute atomic E-state index is 0.0348. The molecule has 3 aliphatic heterocycles. The lowest BCUT2D eigenvalue weighted by Crippen LogP contribution is -2.67. The average Bonchev–Trinajstić information content (AvgIpc) is 2.67. The highest BCUT2D eigenvalue weighted by Crippen LogP contribution is 2.39. The molecule has 0 saturated carbocycles. The highest BCUT2D eigenvalue weighted by Gasteiger charge is 2.50. The molecule has 2 amide bonds. The Bertz CT molecular complexity index is 768. The monoisotopic (exact) mass is 421 g/mol. The molecule has 7 nitrogen and oxygen atoms in total. The molecule has 29 heavy (non-hydrogen) atoms. The first-order valence-electron chi connectivity index (χ1n) is 10.1. The van der Waals surface area contributed by atoms with Gasteiger partial charge in [0.05, 0.1) is 0 Å². The van der Waals surface area contributed by atoms with Crippen LogP contribution < -0.4 is 10.6 Å². The van der Waals surface area contributed by atoms with Crippen molar-refractivity contribution in [2.45, 2.75) is 51.2 Å². The van der Waals surface area contributed by atoms with Crippen LogP contribution >= 0.6 is 11.6 Å². The fourth-order valence-electron chi connectivity index (χ4n) is 4.79. The van der Waals surface area contributed by atoms with E-state index in [1.165, 1.54) is 0 Å². The normalized spacial score (nSPS) is 27.9. The molecule has 0 aromatic heterocycles. The summed E-state index contributed by atoms with van der Waals surface area (Å²) >= 11 is 6.01.